The number of rotatable bonds is 2. The predicted molar refractivity (Wildman–Crippen MR) is 114 cm³/mol. The lowest BCUT2D eigenvalue weighted by atomic mass is 9.84. The minimum Gasteiger partial charge on any atom is -0.385 e. The van der Waals surface area contributed by atoms with Crippen LogP contribution < -0.4 is 0 Å². The zero-order chi connectivity index (χ0) is 20.1. The lowest BCUT2D eigenvalue weighted by Gasteiger charge is -2.38. The molecule has 1 heterocycles. The molecule has 29 heavy (non-hydrogen) atoms. The van der Waals surface area contributed by atoms with Gasteiger partial charge in [-0.05, 0) is 54.8 Å². The Morgan fingerprint density at radius 3 is 1.86 bits per heavy atom. The predicted octanol–water partition coefficient (Wildman–Crippen LogP) is 4.21. The molecule has 0 aliphatic carbocycles. The Bertz CT molecular complexity index is 1020. The second-order valence-electron chi connectivity index (χ2n) is 7.38. The molecule has 1 amide bonds. The number of carbonyl (C=O) groups is 1. The SMILES string of the molecule is O=C(c1ccc(C#Cc2ccccc2)cc1)N1CCC(O)(c2ccccc2)CC1. The van der Waals surface area contributed by atoms with Crippen molar-refractivity contribution in [2.45, 2.75) is 18.4 Å². The molecular weight excluding hydrogens is 358 g/mol. The number of carbonyl (C=O) groups excluding carboxylic acids is 1. The molecule has 0 bridgehead atoms. The highest BCUT2D eigenvalue weighted by molar-refractivity contribution is 5.94. The van der Waals surface area contributed by atoms with Gasteiger partial charge in [-0.15, -0.1) is 0 Å². The maximum Gasteiger partial charge on any atom is 0.253 e. The van der Waals surface area contributed by atoms with Crippen molar-refractivity contribution in [3.05, 3.63) is 107 Å². The van der Waals surface area contributed by atoms with Crippen molar-refractivity contribution in [1.29, 1.82) is 0 Å². The fourth-order valence-corrected chi connectivity index (χ4v) is 3.66. The van der Waals surface area contributed by atoms with Crippen molar-refractivity contribution in [1.82, 2.24) is 4.90 Å². The van der Waals surface area contributed by atoms with Gasteiger partial charge in [0.25, 0.3) is 5.91 Å². The van der Waals surface area contributed by atoms with Gasteiger partial charge in [0, 0.05) is 29.8 Å². The normalized spacial score (nSPS) is 15.3. The van der Waals surface area contributed by atoms with E-state index in [0.717, 1.165) is 16.7 Å². The van der Waals surface area contributed by atoms with Crippen LogP contribution in [0.15, 0.2) is 84.9 Å². The number of piperidine rings is 1. The van der Waals surface area contributed by atoms with Crippen LogP contribution in [0.4, 0.5) is 0 Å². The summed E-state index contributed by atoms with van der Waals surface area (Å²) in [6.07, 6.45) is 1.09. The van der Waals surface area contributed by atoms with Gasteiger partial charge in [0.2, 0.25) is 0 Å². The number of hydrogen-bond donors (Lipinski definition) is 1. The summed E-state index contributed by atoms with van der Waals surface area (Å²) in [6.45, 7) is 1.08. The molecule has 3 aromatic rings. The molecule has 1 aliphatic rings. The van der Waals surface area contributed by atoms with Gasteiger partial charge < -0.3 is 10.0 Å². The van der Waals surface area contributed by atoms with E-state index in [2.05, 4.69) is 11.8 Å². The monoisotopic (exact) mass is 381 g/mol. The van der Waals surface area contributed by atoms with E-state index in [-0.39, 0.29) is 5.91 Å². The Labute approximate surface area is 171 Å². The maximum atomic E-state index is 12.8. The standard InChI is InChI=1S/C26H23NO2/c28-25(27-19-17-26(29,18-20-27)24-9-5-2-6-10-24)23-15-13-22(14-16-23)12-11-21-7-3-1-4-8-21/h1-10,13-16,29H,17-20H2. The lowest BCUT2D eigenvalue weighted by molar-refractivity contribution is -0.0211. The second kappa shape index (κ2) is 8.34. The van der Waals surface area contributed by atoms with Crippen molar-refractivity contribution >= 4 is 5.91 Å². The Kier molecular flexibility index (Phi) is 5.46. The van der Waals surface area contributed by atoms with Gasteiger partial charge in [0.05, 0.1) is 5.60 Å². The average molecular weight is 381 g/mol. The smallest absolute Gasteiger partial charge is 0.253 e. The molecule has 1 aliphatic heterocycles. The third-order valence-corrected chi connectivity index (χ3v) is 5.45. The fourth-order valence-electron chi connectivity index (χ4n) is 3.66. The molecule has 3 heteroatoms. The molecule has 1 fully saturated rings. The Balaban J connectivity index is 1.40. The molecule has 3 aromatic carbocycles. The van der Waals surface area contributed by atoms with Crippen molar-refractivity contribution in [3.8, 4) is 11.8 Å². The van der Waals surface area contributed by atoms with E-state index >= 15 is 0 Å². The number of nitrogens with zero attached hydrogens (tertiary/aromatic N) is 1. The van der Waals surface area contributed by atoms with Gasteiger partial charge in [-0.1, -0.05) is 60.4 Å². The minimum absolute atomic E-state index is 0.00248. The number of benzene rings is 3. The van der Waals surface area contributed by atoms with Crippen molar-refractivity contribution in [3.63, 3.8) is 0 Å². The van der Waals surface area contributed by atoms with E-state index < -0.39 is 5.60 Å². The Hall–Kier alpha value is -3.35. The number of hydrogen-bond acceptors (Lipinski definition) is 2. The third-order valence-electron chi connectivity index (χ3n) is 5.45. The maximum absolute atomic E-state index is 12.8. The summed E-state index contributed by atoms with van der Waals surface area (Å²) in [6, 6.07) is 27.0. The summed E-state index contributed by atoms with van der Waals surface area (Å²) in [5.74, 6) is 6.25. The zero-order valence-electron chi connectivity index (χ0n) is 16.2. The summed E-state index contributed by atoms with van der Waals surface area (Å²) in [5.41, 5.74) is 2.57. The number of amides is 1. The summed E-state index contributed by atoms with van der Waals surface area (Å²) in [5, 5.41) is 10.9. The van der Waals surface area contributed by atoms with Crippen LogP contribution in [0.3, 0.4) is 0 Å². The molecule has 4 rings (SSSR count). The second-order valence-corrected chi connectivity index (χ2v) is 7.38. The zero-order valence-corrected chi connectivity index (χ0v) is 16.2. The highest BCUT2D eigenvalue weighted by Crippen LogP contribution is 2.33. The van der Waals surface area contributed by atoms with E-state index in [0.29, 0.717) is 31.5 Å². The molecule has 1 saturated heterocycles. The molecule has 3 nitrogen and oxygen atoms in total. The van der Waals surface area contributed by atoms with Gasteiger partial charge >= 0.3 is 0 Å². The summed E-state index contributed by atoms with van der Waals surface area (Å²) in [7, 11) is 0. The number of aliphatic hydroxyl groups is 1. The molecule has 144 valence electrons. The van der Waals surface area contributed by atoms with Crippen LogP contribution in [-0.4, -0.2) is 29.0 Å². The average Bonchev–Trinajstić information content (AvgIpc) is 2.79. The van der Waals surface area contributed by atoms with Gasteiger partial charge in [0.15, 0.2) is 0 Å². The molecule has 0 atom stereocenters. The molecule has 0 saturated carbocycles. The molecule has 0 unspecified atom stereocenters. The summed E-state index contributed by atoms with van der Waals surface area (Å²) < 4.78 is 0. The van der Waals surface area contributed by atoms with Crippen LogP contribution in [-0.2, 0) is 5.60 Å². The van der Waals surface area contributed by atoms with Crippen LogP contribution in [0.1, 0.15) is 39.9 Å². The lowest BCUT2D eigenvalue weighted by Crippen LogP contribution is -2.45. The first-order chi connectivity index (χ1) is 14.1. The highest BCUT2D eigenvalue weighted by Gasteiger charge is 2.35. The fraction of sp³-hybridized carbons (Fsp3) is 0.192. The summed E-state index contributed by atoms with van der Waals surface area (Å²) >= 11 is 0. The largest absolute Gasteiger partial charge is 0.385 e. The number of likely N-dealkylation sites (tertiary alicyclic amines) is 1. The van der Waals surface area contributed by atoms with Crippen LogP contribution in [0, 0.1) is 11.8 Å². The quantitative estimate of drug-likeness (QED) is 0.676. The Morgan fingerprint density at radius 2 is 1.28 bits per heavy atom. The third kappa shape index (κ3) is 4.39. The first kappa shape index (κ1) is 19.0. The van der Waals surface area contributed by atoms with Crippen molar-refractivity contribution in [2.75, 3.05) is 13.1 Å². The van der Waals surface area contributed by atoms with E-state index in [1.807, 2.05) is 89.8 Å². The van der Waals surface area contributed by atoms with E-state index in [1.165, 1.54) is 0 Å². The first-order valence-electron chi connectivity index (χ1n) is 9.88. The van der Waals surface area contributed by atoms with Crippen LogP contribution in [0.5, 0.6) is 0 Å². The molecule has 0 aromatic heterocycles. The summed E-state index contributed by atoms with van der Waals surface area (Å²) in [4.78, 5) is 14.7. The molecular formula is C26H23NO2. The van der Waals surface area contributed by atoms with Crippen molar-refractivity contribution < 1.29 is 9.90 Å². The Morgan fingerprint density at radius 1 is 0.759 bits per heavy atom. The van der Waals surface area contributed by atoms with Crippen LogP contribution in [0.2, 0.25) is 0 Å². The van der Waals surface area contributed by atoms with Crippen LogP contribution >= 0.6 is 0 Å². The van der Waals surface area contributed by atoms with E-state index in [4.69, 9.17) is 0 Å². The first-order valence-corrected chi connectivity index (χ1v) is 9.88. The van der Waals surface area contributed by atoms with Gasteiger partial charge in [0.1, 0.15) is 0 Å². The minimum atomic E-state index is -0.852. The molecule has 1 N–H and O–H groups in total. The van der Waals surface area contributed by atoms with Crippen molar-refractivity contribution in [2.24, 2.45) is 0 Å². The van der Waals surface area contributed by atoms with Gasteiger partial charge in [-0.3, -0.25) is 4.79 Å². The van der Waals surface area contributed by atoms with E-state index in [9.17, 15) is 9.90 Å². The molecule has 0 spiro atoms. The van der Waals surface area contributed by atoms with E-state index in [1.54, 1.807) is 0 Å². The van der Waals surface area contributed by atoms with Gasteiger partial charge in [-0.25, -0.2) is 0 Å². The highest BCUT2D eigenvalue weighted by atomic mass is 16.3. The molecule has 0 radical (unpaired) electrons. The van der Waals surface area contributed by atoms with Gasteiger partial charge in [-0.2, -0.15) is 0 Å². The van der Waals surface area contributed by atoms with Crippen LogP contribution in [0.25, 0.3) is 0 Å². The topological polar surface area (TPSA) is 40.5 Å².